The Morgan fingerprint density at radius 2 is 1.44 bits per heavy atom. The Morgan fingerprint density at radius 1 is 1.33 bits per heavy atom. The van der Waals surface area contributed by atoms with Gasteiger partial charge in [0.15, 0.2) is 0 Å². The van der Waals surface area contributed by atoms with E-state index in [0.717, 1.165) is 7.11 Å². The SMILES string of the molecule is COP(=O)(O)O.[H-].[H-].[H-].[Na+].[Na+].[Na+]. The van der Waals surface area contributed by atoms with Crippen molar-refractivity contribution in [3.8, 4) is 0 Å². The van der Waals surface area contributed by atoms with Gasteiger partial charge in [0.2, 0.25) is 0 Å². The van der Waals surface area contributed by atoms with Crippen molar-refractivity contribution in [3.05, 3.63) is 0 Å². The zero-order chi connectivity index (χ0) is 5.21. The summed E-state index contributed by atoms with van der Waals surface area (Å²) >= 11 is 0. The first-order valence-corrected chi connectivity index (χ1v) is 2.70. The predicted octanol–water partition coefficient (Wildman–Crippen LogP) is -8.93. The minimum Gasteiger partial charge on any atom is -1.00 e. The number of hydrogen-bond acceptors (Lipinski definition) is 2. The van der Waals surface area contributed by atoms with Crippen LogP contribution in [0.5, 0.6) is 0 Å². The maximum Gasteiger partial charge on any atom is 1.00 e. The summed E-state index contributed by atoms with van der Waals surface area (Å²) in [5, 5.41) is 0. The molecule has 0 radical (unpaired) electrons. The molecule has 0 aliphatic rings. The summed E-state index contributed by atoms with van der Waals surface area (Å²) in [5.74, 6) is 0. The quantitative estimate of drug-likeness (QED) is 0.313. The van der Waals surface area contributed by atoms with Crippen LogP contribution in [0.1, 0.15) is 4.28 Å². The van der Waals surface area contributed by atoms with Crippen LogP contribution in [0, 0.1) is 0 Å². The van der Waals surface area contributed by atoms with E-state index in [-0.39, 0.29) is 93.0 Å². The standard InChI is InChI=1S/CH5O4P.3Na.3H/c1-5-6(2,3)4;;;;;;/h1H3,(H2,2,3,4);;;;;;/q;3*+1;3*-1. The Labute approximate surface area is 125 Å². The fourth-order valence-electron chi connectivity index (χ4n) is 0. The first-order chi connectivity index (χ1) is 2.56. The van der Waals surface area contributed by atoms with Gasteiger partial charge >= 0.3 is 96.5 Å². The van der Waals surface area contributed by atoms with Crippen molar-refractivity contribution < 1.29 is 112 Å². The topological polar surface area (TPSA) is 66.8 Å². The van der Waals surface area contributed by atoms with Crippen molar-refractivity contribution in [1.29, 1.82) is 0 Å². The fourth-order valence-corrected chi connectivity index (χ4v) is 0. The Morgan fingerprint density at radius 3 is 1.44 bits per heavy atom. The summed E-state index contributed by atoms with van der Waals surface area (Å²) in [6.45, 7) is 0. The molecular formula is CH8Na3O4P. The second-order valence-electron chi connectivity index (χ2n) is 0.673. The average Bonchev–Trinajstić information content (AvgIpc) is 1.35. The van der Waals surface area contributed by atoms with Crippen molar-refractivity contribution in [3.63, 3.8) is 0 Å². The van der Waals surface area contributed by atoms with Gasteiger partial charge in [0, 0.05) is 7.11 Å². The van der Waals surface area contributed by atoms with E-state index in [1.165, 1.54) is 0 Å². The van der Waals surface area contributed by atoms with Crippen molar-refractivity contribution in [1.82, 2.24) is 0 Å². The summed E-state index contributed by atoms with van der Waals surface area (Å²) in [7, 11) is -3.20. The van der Waals surface area contributed by atoms with E-state index in [2.05, 4.69) is 4.52 Å². The molecule has 0 aromatic heterocycles. The second kappa shape index (κ2) is 11.1. The van der Waals surface area contributed by atoms with Gasteiger partial charge in [-0.05, 0) is 0 Å². The number of rotatable bonds is 1. The van der Waals surface area contributed by atoms with E-state index in [9.17, 15) is 4.57 Å². The van der Waals surface area contributed by atoms with E-state index in [4.69, 9.17) is 9.79 Å². The Kier molecular flexibility index (Phi) is 28.1. The molecule has 0 fully saturated rings. The molecule has 44 valence electrons. The first-order valence-electron chi connectivity index (χ1n) is 1.17. The molecule has 0 rings (SSSR count). The van der Waals surface area contributed by atoms with Crippen LogP contribution in [0.3, 0.4) is 0 Å². The van der Waals surface area contributed by atoms with Crippen LogP contribution in [0.15, 0.2) is 0 Å². The van der Waals surface area contributed by atoms with Crippen LogP contribution in [-0.2, 0) is 9.09 Å². The normalized spacial score (nSPS) is 7.89. The van der Waals surface area contributed by atoms with Crippen LogP contribution in [0.4, 0.5) is 0 Å². The minimum atomic E-state index is -4.15. The van der Waals surface area contributed by atoms with Crippen molar-refractivity contribution in [2.45, 2.75) is 0 Å². The summed E-state index contributed by atoms with van der Waals surface area (Å²) in [6, 6.07) is 0. The fraction of sp³-hybridized carbons (Fsp3) is 1.00. The molecule has 0 amide bonds. The molecule has 0 heterocycles. The van der Waals surface area contributed by atoms with Crippen molar-refractivity contribution in [2.24, 2.45) is 0 Å². The third-order valence-corrected chi connectivity index (χ3v) is 0.714. The molecule has 0 aromatic rings. The number of phosphoric acid groups is 1. The van der Waals surface area contributed by atoms with Crippen LogP contribution in [0.2, 0.25) is 0 Å². The van der Waals surface area contributed by atoms with Crippen LogP contribution < -0.4 is 88.7 Å². The molecule has 0 spiro atoms. The molecule has 4 nitrogen and oxygen atoms in total. The predicted molar refractivity (Wildman–Crippen MR) is 22.4 cm³/mol. The molecule has 0 bridgehead atoms. The zero-order valence-corrected chi connectivity index (χ0v) is 13.1. The van der Waals surface area contributed by atoms with Crippen LogP contribution in [0.25, 0.3) is 0 Å². The molecule has 9 heavy (non-hydrogen) atoms. The van der Waals surface area contributed by atoms with E-state index in [0.29, 0.717) is 0 Å². The van der Waals surface area contributed by atoms with E-state index < -0.39 is 7.82 Å². The zero-order valence-electron chi connectivity index (χ0n) is 9.16. The third kappa shape index (κ3) is 24.7. The van der Waals surface area contributed by atoms with Crippen LogP contribution in [-0.4, -0.2) is 16.9 Å². The second-order valence-corrected chi connectivity index (χ2v) is 2.02. The van der Waals surface area contributed by atoms with E-state index in [1.807, 2.05) is 0 Å². The van der Waals surface area contributed by atoms with Gasteiger partial charge in [-0.2, -0.15) is 0 Å². The number of hydrogen-bond donors (Lipinski definition) is 2. The Hall–Kier alpha value is 3.11. The molecule has 2 N–H and O–H groups in total. The maximum absolute atomic E-state index is 9.47. The molecule has 8 heteroatoms. The van der Waals surface area contributed by atoms with Crippen molar-refractivity contribution in [2.75, 3.05) is 7.11 Å². The summed E-state index contributed by atoms with van der Waals surface area (Å²) < 4.78 is 13.1. The monoisotopic (exact) mass is 184 g/mol. The van der Waals surface area contributed by atoms with Gasteiger partial charge in [0.25, 0.3) is 0 Å². The summed E-state index contributed by atoms with van der Waals surface area (Å²) in [4.78, 5) is 15.4. The van der Waals surface area contributed by atoms with Gasteiger partial charge < -0.3 is 14.1 Å². The summed E-state index contributed by atoms with van der Waals surface area (Å²) in [6.07, 6.45) is 0. The van der Waals surface area contributed by atoms with Gasteiger partial charge in [-0.3, -0.25) is 4.52 Å². The van der Waals surface area contributed by atoms with Crippen LogP contribution >= 0.6 is 7.82 Å². The molecule has 0 aliphatic carbocycles. The van der Waals surface area contributed by atoms with Gasteiger partial charge in [0.05, 0.1) is 0 Å². The molecular weight excluding hydrogens is 176 g/mol. The minimum absolute atomic E-state index is 0. The van der Waals surface area contributed by atoms with E-state index >= 15 is 0 Å². The molecule has 0 unspecified atom stereocenters. The smallest absolute Gasteiger partial charge is 1.00 e. The maximum atomic E-state index is 9.47. The van der Waals surface area contributed by atoms with Crippen molar-refractivity contribution >= 4 is 7.82 Å². The molecule has 0 saturated heterocycles. The Bertz CT molecular complexity index is 89.6. The first kappa shape index (κ1) is 22.7. The molecule has 0 aliphatic heterocycles. The third-order valence-electron chi connectivity index (χ3n) is 0.238. The van der Waals surface area contributed by atoms with Gasteiger partial charge in [-0.25, -0.2) is 4.57 Å². The number of phosphoric ester groups is 1. The molecule has 0 aromatic carbocycles. The van der Waals surface area contributed by atoms with E-state index in [1.54, 1.807) is 0 Å². The van der Waals surface area contributed by atoms with Gasteiger partial charge in [-0.15, -0.1) is 0 Å². The molecule has 0 saturated carbocycles. The largest absolute Gasteiger partial charge is 1.00 e. The Balaban J connectivity index is -0.00000000833. The summed E-state index contributed by atoms with van der Waals surface area (Å²) in [5.41, 5.74) is 0. The van der Waals surface area contributed by atoms with Gasteiger partial charge in [-0.1, -0.05) is 0 Å². The average molecular weight is 184 g/mol. The molecule has 0 atom stereocenters. The van der Waals surface area contributed by atoms with Gasteiger partial charge in [0.1, 0.15) is 0 Å².